The van der Waals surface area contributed by atoms with Crippen LogP contribution in [0.5, 0.6) is 0 Å². The molecule has 3 aromatic rings. The van der Waals surface area contributed by atoms with E-state index in [4.69, 9.17) is 4.74 Å². The van der Waals surface area contributed by atoms with Gasteiger partial charge in [0.05, 0.1) is 23.6 Å². The number of nitrogens with zero attached hydrogens (tertiary/aromatic N) is 3. The van der Waals surface area contributed by atoms with Gasteiger partial charge in [0.15, 0.2) is 5.78 Å². The van der Waals surface area contributed by atoms with Crippen LogP contribution in [0.1, 0.15) is 40.3 Å². The standard InChI is InChI=1S/C18H19N3O3/c1-5-24-18(23)15-9-14-8-13(16-6-7-20(4)19-16)10-21(14)17(11(15)2)12(3)22/h6-10H,5H2,1-4H3. The molecular weight excluding hydrogens is 306 g/mol. The molecule has 3 aromatic heterocycles. The highest BCUT2D eigenvalue weighted by Gasteiger charge is 2.20. The molecule has 6 nitrogen and oxygen atoms in total. The molecule has 3 heterocycles. The maximum Gasteiger partial charge on any atom is 0.338 e. The molecule has 0 aliphatic rings. The number of fused-ring (bicyclic) bond motifs is 1. The number of esters is 1. The van der Waals surface area contributed by atoms with Gasteiger partial charge in [-0.2, -0.15) is 5.10 Å². The van der Waals surface area contributed by atoms with E-state index in [-0.39, 0.29) is 5.78 Å². The zero-order chi connectivity index (χ0) is 17.4. The lowest BCUT2D eigenvalue weighted by atomic mass is 10.0. The topological polar surface area (TPSA) is 65.6 Å². The van der Waals surface area contributed by atoms with Crippen molar-refractivity contribution < 1.29 is 14.3 Å². The molecule has 24 heavy (non-hydrogen) atoms. The van der Waals surface area contributed by atoms with Crippen LogP contribution in [0.15, 0.2) is 30.6 Å². The van der Waals surface area contributed by atoms with Gasteiger partial charge < -0.3 is 9.14 Å². The maximum atomic E-state index is 12.2. The van der Waals surface area contributed by atoms with E-state index in [1.165, 1.54) is 6.92 Å². The first-order chi connectivity index (χ1) is 11.4. The van der Waals surface area contributed by atoms with Crippen molar-refractivity contribution in [2.75, 3.05) is 6.61 Å². The molecule has 3 rings (SSSR count). The molecule has 0 fully saturated rings. The molecule has 0 N–H and O–H groups in total. The monoisotopic (exact) mass is 325 g/mol. The first kappa shape index (κ1) is 16.0. The normalized spacial score (nSPS) is 11.0. The summed E-state index contributed by atoms with van der Waals surface area (Å²) in [7, 11) is 1.85. The molecule has 0 unspecified atom stereocenters. The highest BCUT2D eigenvalue weighted by Crippen LogP contribution is 2.26. The summed E-state index contributed by atoms with van der Waals surface area (Å²) in [5.74, 6) is -0.521. The summed E-state index contributed by atoms with van der Waals surface area (Å²) in [5.41, 5.74) is 3.98. The summed E-state index contributed by atoms with van der Waals surface area (Å²) in [6.45, 7) is 5.31. The van der Waals surface area contributed by atoms with Crippen LogP contribution < -0.4 is 0 Å². The van der Waals surface area contributed by atoms with Crippen LogP contribution in [0.25, 0.3) is 16.8 Å². The molecule has 0 aromatic carbocycles. The lowest BCUT2D eigenvalue weighted by molar-refractivity contribution is 0.0525. The maximum absolute atomic E-state index is 12.2. The number of ether oxygens (including phenoxy) is 1. The number of hydrogen-bond acceptors (Lipinski definition) is 4. The van der Waals surface area contributed by atoms with E-state index in [1.54, 1.807) is 24.6 Å². The number of aromatic nitrogens is 3. The highest BCUT2D eigenvalue weighted by atomic mass is 16.5. The van der Waals surface area contributed by atoms with E-state index in [0.29, 0.717) is 23.4 Å². The predicted octanol–water partition coefficient (Wildman–Crippen LogP) is 3.03. The zero-order valence-corrected chi connectivity index (χ0v) is 14.2. The number of carbonyl (C=O) groups excluding carboxylic acids is 2. The van der Waals surface area contributed by atoms with Crippen LogP contribution in [0, 0.1) is 6.92 Å². The number of hydrogen-bond donors (Lipinski definition) is 0. The number of pyridine rings is 1. The third-order valence-electron chi connectivity index (χ3n) is 3.98. The SMILES string of the molecule is CCOC(=O)c1cc2cc(-c3ccn(C)n3)cn2c(C(C)=O)c1C. The van der Waals surface area contributed by atoms with Gasteiger partial charge in [-0.3, -0.25) is 9.48 Å². The summed E-state index contributed by atoms with van der Waals surface area (Å²) in [4.78, 5) is 24.4. The van der Waals surface area contributed by atoms with Crippen molar-refractivity contribution in [3.8, 4) is 11.3 Å². The fourth-order valence-electron chi connectivity index (χ4n) is 2.91. The van der Waals surface area contributed by atoms with Crippen LogP contribution in [-0.4, -0.2) is 32.5 Å². The smallest absolute Gasteiger partial charge is 0.338 e. The summed E-state index contributed by atoms with van der Waals surface area (Å²) >= 11 is 0. The van der Waals surface area contributed by atoms with E-state index >= 15 is 0 Å². The van der Waals surface area contributed by atoms with E-state index < -0.39 is 5.97 Å². The second kappa shape index (κ2) is 5.96. The number of rotatable bonds is 4. The van der Waals surface area contributed by atoms with Crippen LogP contribution in [0.3, 0.4) is 0 Å². The van der Waals surface area contributed by atoms with Gasteiger partial charge in [0.25, 0.3) is 0 Å². The molecule has 0 bridgehead atoms. The number of ketones is 1. The predicted molar refractivity (Wildman–Crippen MR) is 90.3 cm³/mol. The first-order valence-electron chi connectivity index (χ1n) is 7.76. The Morgan fingerprint density at radius 2 is 2.04 bits per heavy atom. The van der Waals surface area contributed by atoms with Crippen molar-refractivity contribution in [1.29, 1.82) is 0 Å². The minimum atomic E-state index is -0.416. The van der Waals surface area contributed by atoms with E-state index in [0.717, 1.165) is 16.8 Å². The van der Waals surface area contributed by atoms with Crippen molar-refractivity contribution in [2.45, 2.75) is 20.8 Å². The summed E-state index contributed by atoms with van der Waals surface area (Å²) < 4.78 is 8.64. The van der Waals surface area contributed by atoms with Gasteiger partial charge in [0.1, 0.15) is 0 Å². The molecular formula is C18H19N3O3. The molecule has 0 saturated carbocycles. The van der Waals surface area contributed by atoms with Gasteiger partial charge in [-0.25, -0.2) is 4.79 Å². The summed E-state index contributed by atoms with van der Waals surface area (Å²) in [5, 5.41) is 4.39. The van der Waals surface area contributed by atoms with E-state index in [9.17, 15) is 9.59 Å². The average Bonchev–Trinajstić information content (AvgIpc) is 3.12. The Labute approximate surface area is 139 Å². The van der Waals surface area contributed by atoms with Crippen molar-refractivity contribution in [1.82, 2.24) is 14.2 Å². The fourth-order valence-corrected chi connectivity index (χ4v) is 2.91. The Kier molecular flexibility index (Phi) is 3.97. The third-order valence-corrected chi connectivity index (χ3v) is 3.98. The molecule has 0 radical (unpaired) electrons. The molecule has 124 valence electrons. The van der Waals surface area contributed by atoms with Gasteiger partial charge in [-0.05, 0) is 37.6 Å². The molecule has 0 aliphatic heterocycles. The molecule has 0 saturated heterocycles. The van der Waals surface area contributed by atoms with Crippen LogP contribution in [0.2, 0.25) is 0 Å². The van der Waals surface area contributed by atoms with Crippen molar-refractivity contribution in [3.63, 3.8) is 0 Å². The minimum absolute atomic E-state index is 0.105. The summed E-state index contributed by atoms with van der Waals surface area (Å²) in [6.07, 6.45) is 3.73. The number of Topliss-reactive ketones (excluding diaryl/α,β-unsaturated/α-hetero) is 1. The van der Waals surface area contributed by atoms with Crippen LogP contribution in [-0.2, 0) is 11.8 Å². The average molecular weight is 325 g/mol. The molecule has 0 amide bonds. The molecule has 0 aliphatic carbocycles. The Balaban J connectivity index is 2.25. The first-order valence-corrected chi connectivity index (χ1v) is 7.76. The highest BCUT2D eigenvalue weighted by molar-refractivity contribution is 6.01. The molecule has 6 heteroatoms. The van der Waals surface area contributed by atoms with Crippen molar-refractivity contribution in [2.24, 2.45) is 7.05 Å². The second-order valence-electron chi connectivity index (χ2n) is 5.71. The van der Waals surface area contributed by atoms with Gasteiger partial charge >= 0.3 is 5.97 Å². The van der Waals surface area contributed by atoms with Gasteiger partial charge in [0, 0.05) is 37.4 Å². The van der Waals surface area contributed by atoms with Crippen LogP contribution >= 0.6 is 0 Å². The quantitative estimate of drug-likeness (QED) is 0.546. The third kappa shape index (κ3) is 2.60. The van der Waals surface area contributed by atoms with Crippen LogP contribution in [0.4, 0.5) is 0 Å². The Morgan fingerprint density at radius 3 is 2.62 bits per heavy atom. The summed E-state index contributed by atoms with van der Waals surface area (Å²) in [6, 6.07) is 5.57. The van der Waals surface area contributed by atoms with Gasteiger partial charge in [-0.1, -0.05) is 0 Å². The minimum Gasteiger partial charge on any atom is -0.462 e. The number of carbonyl (C=O) groups is 2. The van der Waals surface area contributed by atoms with E-state index in [1.807, 2.05) is 36.0 Å². The Bertz CT molecular complexity index is 950. The fraction of sp³-hybridized carbons (Fsp3) is 0.278. The lowest BCUT2D eigenvalue weighted by Crippen LogP contribution is -2.13. The van der Waals surface area contributed by atoms with Crippen molar-refractivity contribution in [3.05, 3.63) is 47.4 Å². The second-order valence-corrected chi connectivity index (χ2v) is 5.71. The van der Waals surface area contributed by atoms with Crippen molar-refractivity contribution >= 4 is 17.3 Å². The molecule has 0 atom stereocenters. The number of aryl methyl sites for hydroxylation is 1. The largest absolute Gasteiger partial charge is 0.462 e. The van der Waals surface area contributed by atoms with E-state index in [2.05, 4.69) is 5.10 Å². The Hall–Kier alpha value is -2.89. The Morgan fingerprint density at radius 1 is 1.29 bits per heavy atom. The van der Waals surface area contributed by atoms with Gasteiger partial charge in [0.2, 0.25) is 0 Å². The lowest BCUT2D eigenvalue weighted by Gasteiger charge is -2.12. The zero-order valence-electron chi connectivity index (χ0n) is 14.2. The van der Waals surface area contributed by atoms with Gasteiger partial charge in [-0.15, -0.1) is 0 Å². The molecule has 0 spiro atoms.